The van der Waals surface area contributed by atoms with Crippen LogP contribution in [0.15, 0.2) is 10.6 Å². The highest BCUT2D eigenvalue weighted by Crippen LogP contribution is 2.17. The fraction of sp³-hybridized carbons (Fsp3) is 0.692. The molecule has 0 spiro atoms. The molecule has 1 aliphatic carbocycles. The van der Waals surface area contributed by atoms with Crippen molar-refractivity contribution in [2.24, 2.45) is 0 Å². The molecule has 0 atom stereocenters. The maximum atomic E-state index is 11.8. The molecule has 0 radical (unpaired) electrons. The van der Waals surface area contributed by atoms with Gasteiger partial charge in [-0.05, 0) is 19.8 Å². The lowest BCUT2D eigenvalue weighted by Crippen LogP contribution is -2.44. The average molecular weight is 330 g/mol. The summed E-state index contributed by atoms with van der Waals surface area (Å²) in [6.07, 6.45) is 5.43. The van der Waals surface area contributed by atoms with E-state index in [0.29, 0.717) is 5.76 Å². The number of hydrogen-bond donors (Lipinski definition) is 3. The van der Waals surface area contributed by atoms with Crippen molar-refractivity contribution in [3.63, 3.8) is 0 Å². The summed E-state index contributed by atoms with van der Waals surface area (Å²) in [6, 6.07) is 1.36. The molecule has 1 fully saturated rings. The van der Waals surface area contributed by atoms with Gasteiger partial charge in [0.05, 0.1) is 5.75 Å². The van der Waals surface area contributed by atoms with Crippen molar-refractivity contribution < 1.29 is 17.7 Å². The SMILES string of the molecule is Cc1cc(NS(=O)(=O)CCNC(=O)NC2CCCCC2)no1. The van der Waals surface area contributed by atoms with Crippen LogP contribution in [0.4, 0.5) is 10.6 Å². The number of sulfonamides is 1. The lowest BCUT2D eigenvalue weighted by atomic mass is 9.96. The van der Waals surface area contributed by atoms with Gasteiger partial charge in [-0.3, -0.25) is 4.72 Å². The number of nitrogens with zero attached hydrogens (tertiary/aromatic N) is 1. The number of aryl methyl sites for hydroxylation is 1. The summed E-state index contributed by atoms with van der Waals surface area (Å²) in [5, 5.41) is 8.99. The van der Waals surface area contributed by atoms with E-state index in [9.17, 15) is 13.2 Å². The first-order valence-electron chi connectivity index (χ1n) is 7.43. The molecule has 1 heterocycles. The molecular weight excluding hydrogens is 308 g/mol. The van der Waals surface area contributed by atoms with Crippen LogP contribution in [0.3, 0.4) is 0 Å². The van der Waals surface area contributed by atoms with E-state index in [0.717, 1.165) is 25.7 Å². The molecule has 8 nitrogen and oxygen atoms in total. The highest BCUT2D eigenvalue weighted by atomic mass is 32.2. The van der Waals surface area contributed by atoms with E-state index in [4.69, 9.17) is 4.52 Å². The van der Waals surface area contributed by atoms with Gasteiger partial charge in [-0.1, -0.05) is 24.4 Å². The van der Waals surface area contributed by atoms with Crippen LogP contribution in [0.5, 0.6) is 0 Å². The number of anilines is 1. The topological polar surface area (TPSA) is 113 Å². The van der Waals surface area contributed by atoms with Crippen LogP contribution in [0.1, 0.15) is 37.9 Å². The van der Waals surface area contributed by atoms with Gasteiger partial charge in [0.25, 0.3) is 0 Å². The highest BCUT2D eigenvalue weighted by molar-refractivity contribution is 7.92. The normalized spacial score (nSPS) is 16.2. The van der Waals surface area contributed by atoms with E-state index < -0.39 is 10.0 Å². The van der Waals surface area contributed by atoms with E-state index in [2.05, 4.69) is 20.5 Å². The first-order chi connectivity index (χ1) is 10.4. The first kappa shape index (κ1) is 16.6. The van der Waals surface area contributed by atoms with E-state index >= 15 is 0 Å². The Kier molecular flexibility index (Phi) is 5.64. The molecule has 1 aromatic rings. The smallest absolute Gasteiger partial charge is 0.315 e. The molecule has 0 saturated heterocycles. The molecule has 3 N–H and O–H groups in total. The monoisotopic (exact) mass is 330 g/mol. The molecule has 0 bridgehead atoms. The van der Waals surface area contributed by atoms with E-state index in [1.807, 2.05) is 0 Å². The van der Waals surface area contributed by atoms with E-state index in [1.54, 1.807) is 6.92 Å². The fourth-order valence-electron chi connectivity index (χ4n) is 2.41. The quantitative estimate of drug-likeness (QED) is 0.729. The predicted octanol–water partition coefficient (Wildman–Crippen LogP) is 1.36. The zero-order valence-electron chi connectivity index (χ0n) is 12.6. The summed E-state index contributed by atoms with van der Waals surface area (Å²) in [6.45, 7) is 1.70. The largest absolute Gasteiger partial charge is 0.360 e. The average Bonchev–Trinajstić information content (AvgIpc) is 2.84. The lowest BCUT2D eigenvalue weighted by Gasteiger charge is -2.22. The van der Waals surface area contributed by atoms with Crippen molar-refractivity contribution in [3.8, 4) is 0 Å². The molecule has 1 aliphatic rings. The van der Waals surface area contributed by atoms with E-state index in [1.165, 1.54) is 12.5 Å². The number of nitrogens with one attached hydrogen (secondary N) is 3. The van der Waals surface area contributed by atoms with Gasteiger partial charge in [0.15, 0.2) is 5.82 Å². The van der Waals surface area contributed by atoms with Crippen molar-refractivity contribution in [1.82, 2.24) is 15.8 Å². The first-order valence-corrected chi connectivity index (χ1v) is 9.08. The molecule has 2 amide bonds. The Morgan fingerprint density at radius 1 is 1.36 bits per heavy atom. The summed E-state index contributed by atoms with van der Waals surface area (Å²) < 4.78 is 30.7. The van der Waals surface area contributed by atoms with Crippen LogP contribution in [0, 0.1) is 6.92 Å². The Bertz CT molecular complexity index is 593. The highest BCUT2D eigenvalue weighted by Gasteiger charge is 2.17. The molecule has 0 aliphatic heterocycles. The molecular formula is C13H22N4O4S. The van der Waals surface area contributed by atoms with Crippen molar-refractivity contribution in [2.45, 2.75) is 45.1 Å². The number of rotatable bonds is 6. The molecule has 22 heavy (non-hydrogen) atoms. The van der Waals surface area contributed by atoms with Gasteiger partial charge in [0.2, 0.25) is 10.0 Å². The summed E-state index contributed by atoms with van der Waals surface area (Å²) in [7, 11) is -3.57. The van der Waals surface area contributed by atoms with Crippen molar-refractivity contribution in [1.29, 1.82) is 0 Å². The summed E-state index contributed by atoms with van der Waals surface area (Å²) >= 11 is 0. The minimum atomic E-state index is -3.57. The van der Waals surface area contributed by atoms with Crippen molar-refractivity contribution in [2.75, 3.05) is 17.0 Å². The number of aromatic nitrogens is 1. The number of amides is 2. The van der Waals surface area contributed by atoms with Gasteiger partial charge in [0.1, 0.15) is 5.76 Å². The second-order valence-corrected chi connectivity index (χ2v) is 7.32. The standard InChI is InChI=1S/C13H22N4O4S/c1-10-9-12(16-21-10)17-22(19,20)8-7-14-13(18)15-11-5-3-2-4-6-11/h9,11H,2-8H2,1H3,(H,16,17)(H2,14,15,18). The number of hydrogen-bond acceptors (Lipinski definition) is 5. The van der Waals surface area contributed by atoms with E-state index in [-0.39, 0.29) is 30.2 Å². The van der Waals surface area contributed by atoms with Crippen LogP contribution >= 0.6 is 0 Å². The predicted molar refractivity (Wildman–Crippen MR) is 82.1 cm³/mol. The van der Waals surface area contributed by atoms with Crippen LogP contribution in [-0.4, -0.2) is 37.9 Å². The van der Waals surface area contributed by atoms with Gasteiger partial charge in [-0.15, -0.1) is 0 Å². The third-order valence-electron chi connectivity index (χ3n) is 3.48. The number of urea groups is 1. The zero-order chi connectivity index (χ0) is 16.0. The van der Waals surface area contributed by atoms with Crippen LogP contribution in [0.25, 0.3) is 0 Å². The second-order valence-electron chi connectivity index (χ2n) is 5.48. The van der Waals surface area contributed by atoms with Gasteiger partial charge in [-0.25, -0.2) is 13.2 Å². The Hall–Kier alpha value is -1.77. The van der Waals surface area contributed by atoms with Gasteiger partial charge < -0.3 is 15.2 Å². The summed E-state index contributed by atoms with van der Waals surface area (Å²) in [5.41, 5.74) is 0. The Morgan fingerprint density at radius 2 is 2.09 bits per heavy atom. The zero-order valence-corrected chi connectivity index (χ0v) is 13.4. The minimum absolute atomic E-state index is 0.0325. The molecule has 9 heteroatoms. The second kappa shape index (κ2) is 7.48. The van der Waals surface area contributed by atoms with Gasteiger partial charge in [-0.2, -0.15) is 0 Å². The molecule has 2 rings (SSSR count). The van der Waals surface area contributed by atoms with Crippen LogP contribution in [-0.2, 0) is 10.0 Å². The molecule has 124 valence electrons. The number of carbonyl (C=O) groups is 1. The molecule has 1 saturated carbocycles. The third-order valence-corrected chi connectivity index (χ3v) is 4.75. The third kappa shape index (κ3) is 5.55. The molecule has 0 aromatic carbocycles. The number of carbonyl (C=O) groups excluding carboxylic acids is 1. The Morgan fingerprint density at radius 3 is 2.73 bits per heavy atom. The van der Waals surface area contributed by atoms with Gasteiger partial charge in [0, 0.05) is 18.7 Å². The van der Waals surface area contributed by atoms with Crippen molar-refractivity contribution >= 4 is 21.9 Å². The lowest BCUT2D eigenvalue weighted by molar-refractivity contribution is 0.233. The minimum Gasteiger partial charge on any atom is -0.360 e. The van der Waals surface area contributed by atoms with Crippen LogP contribution < -0.4 is 15.4 Å². The maximum absolute atomic E-state index is 11.8. The Balaban J connectivity index is 1.69. The molecule has 0 unspecified atom stereocenters. The van der Waals surface area contributed by atoms with Gasteiger partial charge >= 0.3 is 6.03 Å². The fourth-order valence-corrected chi connectivity index (χ4v) is 3.29. The maximum Gasteiger partial charge on any atom is 0.315 e. The summed E-state index contributed by atoms with van der Waals surface area (Å²) in [5.74, 6) is 0.434. The Labute approximate surface area is 130 Å². The van der Waals surface area contributed by atoms with Crippen molar-refractivity contribution in [3.05, 3.63) is 11.8 Å². The summed E-state index contributed by atoms with van der Waals surface area (Å²) in [4.78, 5) is 11.7. The van der Waals surface area contributed by atoms with Crippen LogP contribution in [0.2, 0.25) is 0 Å². The molecule has 1 aromatic heterocycles.